The number of alkyl halides is 3. The zero-order valence-electron chi connectivity index (χ0n) is 11.5. The molecule has 5 heteroatoms. The summed E-state index contributed by atoms with van der Waals surface area (Å²) in [6.07, 6.45) is -1.95. The number of nitrogens with one attached hydrogen (secondary N) is 1. The van der Waals surface area contributed by atoms with Crippen LogP contribution < -0.4 is 5.32 Å². The van der Waals surface area contributed by atoms with Crippen LogP contribution in [0.2, 0.25) is 0 Å². The summed E-state index contributed by atoms with van der Waals surface area (Å²) in [6, 6.07) is 5.70. The third-order valence-electron chi connectivity index (χ3n) is 3.93. The third-order valence-corrected chi connectivity index (χ3v) is 4.97. The van der Waals surface area contributed by atoms with Crippen LogP contribution in [0.25, 0.3) is 0 Å². The van der Waals surface area contributed by atoms with Gasteiger partial charge in [0.25, 0.3) is 0 Å². The van der Waals surface area contributed by atoms with E-state index in [1.807, 2.05) is 18.8 Å². The van der Waals surface area contributed by atoms with Gasteiger partial charge in [0.05, 0.1) is 5.56 Å². The van der Waals surface area contributed by atoms with Crippen LogP contribution in [0.15, 0.2) is 24.3 Å². The first-order valence-corrected chi connectivity index (χ1v) is 8.07. The van der Waals surface area contributed by atoms with Gasteiger partial charge < -0.3 is 5.32 Å². The van der Waals surface area contributed by atoms with Crippen LogP contribution in [0, 0.1) is 5.92 Å². The molecule has 0 aliphatic carbocycles. The lowest BCUT2D eigenvalue weighted by Crippen LogP contribution is -2.27. The molecule has 1 aliphatic rings. The SMILES string of the molecule is CNCC(c1ccc(C(F)(F)F)cc1)C1CCSCC1. The van der Waals surface area contributed by atoms with E-state index in [9.17, 15) is 13.2 Å². The molecule has 0 bridgehead atoms. The molecule has 0 spiro atoms. The van der Waals surface area contributed by atoms with Gasteiger partial charge in [0, 0.05) is 6.54 Å². The van der Waals surface area contributed by atoms with Crippen LogP contribution in [0.4, 0.5) is 13.2 Å². The molecule has 112 valence electrons. The average molecular weight is 303 g/mol. The van der Waals surface area contributed by atoms with E-state index < -0.39 is 11.7 Å². The number of hydrogen-bond acceptors (Lipinski definition) is 2. The van der Waals surface area contributed by atoms with E-state index in [-0.39, 0.29) is 0 Å². The monoisotopic (exact) mass is 303 g/mol. The maximum Gasteiger partial charge on any atom is 0.416 e. The Morgan fingerprint density at radius 2 is 1.80 bits per heavy atom. The summed E-state index contributed by atoms with van der Waals surface area (Å²) in [4.78, 5) is 0. The van der Waals surface area contributed by atoms with Gasteiger partial charge in [-0.1, -0.05) is 12.1 Å². The number of likely N-dealkylation sites (N-methyl/N-ethyl adjacent to an activating group) is 1. The van der Waals surface area contributed by atoms with Crippen molar-refractivity contribution in [3.05, 3.63) is 35.4 Å². The van der Waals surface area contributed by atoms with Gasteiger partial charge in [-0.2, -0.15) is 24.9 Å². The highest BCUT2D eigenvalue weighted by Crippen LogP contribution is 2.36. The topological polar surface area (TPSA) is 12.0 Å². The predicted molar refractivity (Wildman–Crippen MR) is 78.2 cm³/mol. The summed E-state index contributed by atoms with van der Waals surface area (Å²) >= 11 is 1.97. The van der Waals surface area contributed by atoms with E-state index in [0.717, 1.165) is 36.5 Å². The van der Waals surface area contributed by atoms with Gasteiger partial charge in [-0.25, -0.2) is 0 Å². The lowest BCUT2D eigenvalue weighted by atomic mass is 9.82. The Bertz CT molecular complexity index is 410. The summed E-state index contributed by atoms with van der Waals surface area (Å²) in [5.74, 6) is 3.19. The molecule has 2 rings (SSSR count). The lowest BCUT2D eigenvalue weighted by molar-refractivity contribution is -0.137. The van der Waals surface area contributed by atoms with Crippen LogP contribution in [-0.2, 0) is 6.18 Å². The first-order chi connectivity index (χ1) is 9.52. The van der Waals surface area contributed by atoms with Gasteiger partial charge in [0.15, 0.2) is 0 Å². The second-order valence-corrected chi connectivity index (χ2v) is 6.46. The Morgan fingerprint density at radius 1 is 1.20 bits per heavy atom. The number of benzene rings is 1. The Morgan fingerprint density at radius 3 is 2.30 bits per heavy atom. The second-order valence-electron chi connectivity index (χ2n) is 5.23. The van der Waals surface area contributed by atoms with Crippen molar-refractivity contribution in [3.8, 4) is 0 Å². The van der Waals surface area contributed by atoms with Crippen molar-refractivity contribution in [2.45, 2.75) is 24.9 Å². The molecule has 1 aromatic carbocycles. The molecule has 0 amide bonds. The Balaban J connectivity index is 2.16. The molecule has 20 heavy (non-hydrogen) atoms. The van der Waals surface area contributed by atoms with E-state index >= 15 is 0 Å². The number of thioether (sulfide) groups is 1. The molecule has 0 aromatic heterocycles. The minimum atomic E-state index is -4.25. The van der Waals surface area contributed by atoms with Crippen molar-refractivity contribution in [1.82, 2.24) is 5.32 Å². The predicted octanol–water partition coefficient (Wildman–Crippen LogP) is 4.15. The zero-order valence-corrected chi connectivity index (χ0v) is 12.4. The van der Waals surface area contributed by atoms with E-state index in [1.165, 1.54) is 12.1 Å². The maximum absolute atomic E-state index is 12.6. The first-order valence-electron chi connectivity index (χ1n) is 6.92. The quantitative estimate of drug-likeness (QED) is 0.896. The largest absolute Gasteiger partial charge is 0.416 e. The van der Waals surface area contributed by atoms with E-state index in [1.54, 1.807) is 12.1 Å². The third kappa shape index (κ3) is 3.92. The van der Waals surface area contributed by atoms with E-state index in [4.69, 9.17) is 0 Å². The van der Waals surface area contributed by atoms with Crippen molar-refractivity contribution >= 4 is 11.8 Å². The molecule has 1 unspecified atom stereocenters. The molecule has 1 nitrogen and oxygen atoms in total. The summed E-state index contributed by atoms with van der Waals surface area (Å²) in [5, 5.41) is 3.18. The normalized spacial score (nSPS) is 19.0. The molecular formula is C15H20F3NS. The van der Waals surface area contributed by atoms with Crippen molar-refractivity contribution in [3.63, 3.8) is 0 Å². The van der Waals surface area contributed by atoms with Crippen molar-refractivity contribution in [1.29, 1.82) is 0 Å². The van der Waals surface area contributed by atoms with E-state index in [2.05, 4.69) is 5.32 Å². The maximum atomic E-state index is 12.6. The highest BCUT2D eigenvalue weighted by atomic mass is 32.2. The lowest BCUT2D eigenvalue weighted by Gasteiger charge is -2.30. The molecule has 1 N–H and O–H groups in total. The smallest absolute Gasteiger partial charge is 0.319 e. The average Bonchev–Trinajstić information content (AvgIpc) is 2.45. The highest BCUT2D eigenvalue weighted by molar-refractivity contribution is 7.99. The fraction of sp³-hybridized carbons (Fsp3) is 0.600. The van der Waals surface area contributed by atoms with Crippen LogP contribution in [0.5, 0.6) is 0 Å². The van der Waals surface area contributed by atoms with Crippen molar-refractivity contribution < 1.29 is 13.2 Å². The second kappa shape index (κ2) is 6.85. The molecule has 0 radical (unpaired) electrons. The number of rotatable bonds is 4. The van der Waals surface area contributed by atoms with Gasteiger partial charge in [0.1, 0.15) is 0 Å². The van der Waals surface area contributed by atoms with Crippen LogP contribution in [0.1, 0.15) is 29.9 Å². The molecule has 1 saturated heterocycles. The highest BCUT2D eigenvalue weighted by Gasteiger charge is 2.31. The number of hydrogen-bond donors (Lipinski definition) is 1. The van der Waals surface area contributed by atoms with Gasteiger partial charge >= 0.3 is 6.18 Å². The van der Waals surface area contributed by atoms with Gasteiger partial charge in [-0.05, 0) is 60.9 Å². The van der Waals surface area contributed by atoms with Crippen LogP contribution in [0.3, 0.4) is 0 Å². The van der Waals surface area contributed by atoms with Crippen LogP contribution in [-0.4, -0.2) is 25.1 Å². The Kier molecular flexibility index (Phi) is 5.38. The van der Waals surface area contributed by atoms with E-state index in [0.29, 0.717) is 11.8 Å². The molecule has 1 aromatic rings. The first kappa shape index (κ1) is 15.7. The summed E-state index contributed by atoms with van der Waals surface area (Å²) in [5.41, 5.74) is 0.452. The van der Waals surface area contributed by atoms with Gasteiger partial charge in [-0.3, -0.25) is 0 Å². The molecule has 1 aliphatic heterocycles. The fourth-order valence-corrected chi connectivity index (χ4v) is 3.96. The Labute approximate surface area is 122 Å². The molecular weight excluding hydrogens is 283 g/mol. The minimum Gasteiger partial charge on any atom is -0.319 e. The minimum absolute atomic E-state index is 0.309. The standard InChI is InChI=1S/C15H20F3NS/c1-19-10-14(12-6-8-20-9-7-12)11-2-4-13(5-3-11)15(16,17)18/h2-5,12,14,19H,6-10H2,1H3. The van der Waals surface area contributed by atoms with Crippen molar-refractivity contribution in [2.24, 2.45) is 5.92 Å². The number of halogens is 3. The van der Waals surface area contributed by atoms with Gasteiger partial charge in [0.2, 0.25) is 0 Å². The van der Waals surface area contributed by atoms with Crippen molar-refractivity contribution in [2.75, 3.05) is 25.1 Å². The molecule has 0 saturated carbocycles. The summed E-state index contributed by atoms with van der Waals surface area (Å²) < 4.78 is 37.8. The summed E-state index contributed by atoms with van der Waals surface area (Å²) in [6.45, 7) is 0.820. The molecule has 1 heterocycles. The Hall–Kier alpha value is -0.680. The molecule has 1 fully saturated rings. The zero-order chi connectivity index (χ0) is 14.6. The fourth-order valence-electron chi connectivity index (χ4n) is 2.81. The van der Waals surface area contributed by atoms with Gasteiger partial charge in [-0.15, -0.1) is 0 Å². The summed E-state index contributed by atoms with van der Waals surface area (Å²) in [7, 11) is 1.90. The molecule has 1 atom stereocenters. The van der Waals surface area contributed by atoms with Crippen LogP contribution >= 0.6 is 11.8 Å².